The first-order valence-corrected chi connectivity index (χ1v) is 7.34. The highest BCUT2D eigenvalue weighted by Crippen LogP contribution is 2.10. The fourth-order valence-electron chi connectivity index (χ4n) is 1.48. The number of esters is 1. The first-order valence-electron chi connectivity index (χ1n) is 4.93. The van der Waals surface area contributed by atoms with E-state index in [9.17, 15) is 9.00 Å². The molecule has 6 heteroatoms. The van der Waals surface area contributed by atoms with Gasteiger partial charge in [0.25, 0.3) is 0 Å². The lowest BCUT2D eigenvalue weighted by Gasteiger charge is -2.23. The third-order valence-electron chi connectivity index (χ3n) is 2.43. The molecule has 0 aromatic carbocycles. The summed E-state index contributed by atoms with van der Waals surface area (Å²) in [6, 6.07) is 0.382. The van der Waals surface area contributed by atoms with E-state index in [-0.39, 0.29) is 10.8 Å². The lowest BCUT2D eigenvalue weighted by molar-refractivity contribution is -0.139. The monoisotopic (exact) mass is 297 g/mol. The lowest BCUT2D eigenvalue weighted by atomic mass is 10.1. The number of carbonyl (C=O) groups excluding carboxylic acids is 1. The first-order chi connectivity index (χ1) is 7.13. The van der Waals surface area contributed by atoms with Crippen molar-refractivity contribution in [1.29, 1.82) is 0 Å². The van der Waals surface area contributed by atoms with E-state index in [1.165, 1.54) is 7.11 Å². The Bertz CT molecular complexity index is 240. The van der Waals surface area contributed by atoms with Crippen LogP contribution in [0, 0.1) is 0 Å². The van der Waals surface area contributed by atoms with Crippen LogP contribution in [-0.4, -0.2) is 46.2 Å². The van der Waals surface area contributed by atoms with Gasteiger partial charge in [-0.15, -0.1) is 0 Å². The maximum atomic E-state index is 11.1. The molecule has 1 aliphatic heterocycles. The number of hydrogen-bond donors (Lipinski definition) is 1. The highest BCUT2D eigenvalue weighted by Gasteiger charge is 2.20. The van der Waals surface area contributed by atoms with Gasteiger partial charge in [0, 0.05) is 34.9 Å². The number of carbonyl (C=O) groups is 1. The zero-order chi connectivity index (χ0) is 11.3. The van der Waals surface area contributed by atoms with Crippen LogP contribution < -0.4 is 5.32 Å². The molecule has 0 aliphatic carbocycles. The third kappa shape index (κ3) is 4.61. The predicted molar refractivity (Wildman–Crippen MR) is 63.6 cm³/mol. The zero-order valence-corrected chi connectivity index (χ0v) is 11.1. The van der Waals surface area contributed by atoms with Gasteiger partial charge in [-0.05, 0) is 12.8 Å². The summed E-state index contributed by atoms with van der Waals surface area (Å²) in [5.41, 5.74) is 0. The van der Waals surface area contributed by atoms with Crippen molar-refractivity contribution in [3.8, 4) is 0 Å². The maximum Gasteiger partial charge on any atom is 0.320 e. The third-order valence-corrected chi connectivity index (χ3v) is 4.51. The Morgan fingerprint density at radius 3 is 2.73 bits per heavy atom. The van der Waals surface area contributed by atoms with Gasteiger partial charge in [-0.1, -0.05) is 15.9 Å². The molecular weight excluding hydrogens is 282 g/mol. The SMILES string of the molecule is COC(=O)C(Br)CNC1CCS(=O)CC1. The minimum atomic E-state index is -0.629. The van der Waals surface area contributed by atoms with Crippen LogP contribution in [0.2, 0.25) is 0 Å². The summed E-state index contributed by atoms with van der Waals surface area (Å²) >= 11 is 3.25. The molecule has 15 heavy (non-hydrogen) atoms. The fraction of sp³-hybridized carbons (Fsp3) is 0.889. The molecule has 0 aromatic heterocycles. The summed E-state index contributed by atoms with van der Waals surface area (Å²) in [7, 11) is 0.746. The van der Waals surface area contributed by atoms with E-state index in [1.807, 2.05) is 0 Å². The Kier molecular flexibility index (Phi) is 5.78. The second kappa shape index (κ2) is 6.60. The molecule has 0 spiro atoms. The second-order valence-corrected chi connectivity index (χ2v) is 6.32. The average Bonchev–Trinajstić information content (AvgIpc) is 2.26. The van der Waals surface area contributed by atoms with E-state index in [2.05, 4.69) is 26.0 Å². The number of ether oxygens (including phenoxy) is 1. The highest BCUT2D eigenvalue weighted by molar-refractivity contribution is 9.10. The number of rotatable bonds is 4. The number of nitrogens with one attached hydrogen (secondary N) is 1. The molecule has 1 unspecified atom stereocenters. The van der Waals surface area contributed by atoms with Gasteiger partial charge in [-0.3, -0.25) is 9.00 Å². The summed E-state index contributed by atoms with van der Waals surface area (Å²) in [6.45, 7) is 0.559. The molecule has 0 bridgehead atoms. The lowest BCUT2D eigenvalue weighted by Crippen LogP contribution is -2.40. The molecule has 0 aromatic rings. The summed E-state index contributed by atoms with van der Waals surface area (Å²) in [4.78, 5) is 10.8. The smallest absolute Gasteiger partial charge is 0.320 e. The van der Waals surface area contributed by atoms with E-state index in [0.717, 1.165) is 24.3 Å². The molecule has 1 fully saturated rings. The Morgan fingerprint density at radius 2 is 2.20 bits per heavy atom. The van der Waals surface area contributed by atoms with Gasteiger partial charge in [0.2, 0.25) is 0 Å². The minimum Gasteiger partial charge on any atom is -0.468 e. The Balaban J connectivity index is 2.19. The highest BCUT2D eigenvalue weighted by atomic mass is 79.9. The molecule has 1 rings (SSSR count). The molecule has 1 atom stereocenters. The Morgan fingerprint density at radius 1 is 1.60 bits per heavy atom. The van der Waals surface area contributed by atoms with Crippen LogP contribution in [0.5, 0.6) is 0 Å². The molecule has 1 heterocycles. The molecule has 0 radical (unpaired) electrons. The van der Waals surface area contributed by atoms with Crippen molar-refractivity contribution in [2.45, 2.75) is 23.7 Å². The van der Waals surface area contributed by atoms with Crippen molar-refractivity contribution in [2.75, 3.05) is 25.2 Å². The van der Waals surface area contributed by atoms with Crippen LogP contribution in [-0.2, 0) is 20.3 Å². The van der Waals surface area contributed by atoms with Crippen molar-refractivity contribution in [3.05, 3.63) is 0 Å². The van der Waals surface area contributed by atoms with Crippen molar-refractivity contribution < 1.29 is 13.7 Å². The maximum absolute atomic E-state index is 11.1. The molecule has 1 N–H and O–H groups in total. The molecule has 0 saturated carbocycles. The molecule has 88 valence electrons. The summed E-state index contributed by atoms with van der Waals surface area (Å²) in [5.74, 6) is 1.27. The number of halogens is 1. The Hall–Kier alpha value is 0.0600. The van der Waals surface area contributed by atoms with Gasteiger partial charge in [-0.2, -0.15) is 0 Å². The minimum absolute atomic E-state index is 0.262. The summed E-state index contributed by atoms with van der Waals surface area (Å²) in [5, 5.41) is 3.27. The molecule has 4 nitrogen and oxygen atoms in total. The van der Waals surface area contributed by atoms with Crippen molar-refractivity contribution in [3.63, 3.8) is 0 Å². The summed E-state index contributed by atoms with van der Waals surface area (Å²) in [6.07, 6.45) is 1.85. The van der Waals surface area contributed by atoms with Gasteiger partial charge in [0.15, 0.2) is 0 Å². The van der Waals surface area contributed by atoms with E-state index < -0.39 is 10.8 Å². The van der Waals surface area contributed by atoms with Crippen molar-refractivity contribution in [1.82, 2.24) is 5.32 Å². The van der Waals surface area contributed by atoms with Gasteiger partial charge in [0.1, 0.15) is 4.83 Å². The van der Waals surface area contributed by atoms with Crippen LogP contribution in [0.3, 0.4) is 0 Å². The molecule has 0 amide bonds. The van der Waals surface area contributed by atoms with E-state index in [0.29, 0.717) is 12.6 Å². The van der Waals surface area contributed by atoms with Gasteiger partial charge in [-0.25, -0.2) is 0 Å². The van der Waals surface area contributed by atoms with Crippen LogP contribution >= 0.6 is 15.9 Å². The second-order valence-electron chi connectivity index (χ2n) is 3.52. The van der Waals surface area contributed by atoms with Crippen LogP contribution in [0.4, 0.5) is 0 Å². The van der Waals surface area contributed by atoms with E-state index in [4.69, 9.17) is 0 Å². The normalized spacial score (nSPS) is 28.4. The largest absolute Gasteiger partial charge is 0.468 e. The van der Waals surface area contributed by atoms with Crippen LogP contribution in [0.1, 0.15) is 12.8 Å². The topological polar surface area (TPSA) is 55.4 Å². The fourth-order valence-corrected chi connectivity index (χ4v) is 3.15. The standard InChI is InChI=1S/C9H16BrNO3S/c1-14-9(12)8(10)6-11-7-2-4-15(13)5-3-7/h7-8,11H,2-6H2,1H3. The van der Waals surface area contributed by atoms with E-state index in [1.54, 1.807) is 0 Å². The number of alkyl halides is 1. The van der Waals surface area contributed by atoms with Crippen molar-refractivity contribution in [2.24, 2.45) is 0 Å². The molecular formula is C9H16BrNO3S. The number of hydrogen-bond acceptors (Lipinski definition) is 4. The predicted octanol–water partition coefficient (Wildman–Crippen LogP) is 0.424. The zero-order valence-electron chi connectivity index (χ0n) is 8.70. The van der Waals surface area contributed by atoms with Gasteiger partial charge < -0.3 is 10.1 Å². The van der Waals surface area contributed by atoms with Gasteiger partial charge >= 0.3 is 5.97 Å². The van der Waals surface area contributed by atoms with Crippen molar-refractivity contribution >= 4 is 32.7 Å². The first kappa shape index (κ1) is 13.1. The number of methoxy groups -OCH3 is 1. The molecule has 1 saturated heterocycles. The average molecular weight is 298 g/mol. The molecule has 1 aliphatic rings. The van der Waals surface area contributed by atoms with Gasteiger partial charge in [0.05, 0.1) is 7.11 Å². The Labute approximate surface area is 101 Å². The quantitative estimate of drug-likeness (QED) is 0.604. The van der Waals surface area contributed by atoms with Crippen LogP contribution in [0.25, 0.3) is 0 Å². The van der Waals surface area contributed by atoms with Crippen LogP contribution in [0.15, 0.2) is 0 Å². The van der Waals surface area contributed by atoms with E-state index >= 15 is 0 Å². The summed E-state index contributed by atoms with van der Waals surface area (Å²) < 4.78 is 15.7.